The molecule has 1 N–H and O–H groups in total. The average Bonchev–Trinajstić information content (AvgIpc) is 2.46. The molecule has 0 unspecified atom stereocenters. The topological polar surface area (TPSA) is 37.8 Å². The number of aryl methyl sites for hydroxylation is 1. The van der Waals surface area contributed by atoms with Crippen molar-refractivity contribution in [3.63, 3.8) is 0 Å². The van der Waals surface area contributed by atoms with Gasteiger partial charge in [0.25, 0.3) is 0 Å². The predicted molar refractivity (Wildman–Crippen MR) is 80.8 cm³/mol. The Bertz CT molecular complexity index is 411. The summed E-state index contributed by atoms with van der Waals surface area (Å²) in [5.74, 6) is 2.69. The van der Waals surface area contributed by atoms with Gasteiger partial charge in [0, 0.05) is 23.7 Å². The van der Waals surface area contributed by atoms with Crippen LogP contribution >= 0.6 is 0 Å². The van der Waals surface area contributed by atoms with Gasteiger partial charge in [0.1, 0.15) is 11.6 Å². The van der Waals surface area contributed by atoms with Crippen molar-refractivity contribution in [3.8, 4) is 0 Å². The van der Waals surface area contributed by atoms with E-state index in [-0.39, 0.29) is 0 Å². The first kappa shape index (κ1) is 14.3. The summed E-state index contributed by atoms with van der Waals surface area (Å²) in [4.78, 5) is 9.72. The molecule has 0 bridgehead atoms. The standard InChI is InChI=1S/C16H27N3/c1-4-11-17-16-13-9-7-8-10-14(13)18-15(19-16)12(5-2)6-3/h12H,4-11H2,1-3H3,(H,17,18,19). The van der Waals surface area contributed by atoms with Crippen molar-refractivity contribution in [2.75, 3.05) is 11.9 Å². The van der Waals surface area contributed by atoms with Gasteiger partial charge in [-0.05, 0) is 44.9 Å². The van der Waals surface area contributed by atoms with Gasteiger partial charge >= 0.3 is 0 Å². The van der Waals surface area contributed by atoms with Crippen molar-refractivity contribution in [1.29, 1.82) is 0 Å². The van der Waals surface area contributed by atoms with Gasteiger partial charge in [0.2, 0.25) is 0 Å². The minimum absolute atomic E-state index is 0.509. The molecular weight excluding hydrogens is 234 g/mol. The van der Waals surface area contributed by atoms with Gasteiger partial charge < -0.3 is 5.32 Å². The van der Waals surface area contributed by atoms with E-state index in [0.717, 1.165) is 50.3 Å². The Kier molecular flexibility index (Phi) is 5.17. The molecule has 2 rings (SSSR count). The summed E-state index contributed by atoms with van der Waals surface area (Å²) in [5, 5.41) is 3.51. The minimum Gasteiger partial charge on any atom is -0.370 e. The molecule has 106 valence electrons. The minimum atomic E-state index is 0.509. The Balaban J connectivity index is 2.35. The van der Waals surface area contributed by atoms with E-state index in [2.05, 4.69) is 26.1 Å². The molecule has 0 amide bonds. The zero-order chi connectivity index (χ0) is 13.7. The third-order valence-electron chi connectivity index (χ3n) is 4.09. The van der Waals surface area contributed by atoms with Crippen molar-refractivity contribution in [3.05, 3.63) is 17.1 Å². The molecule has 0 aliphatic heterocycles. The maximum Gasteiger partial charge on any atom is 0.134 e. The summed E-state index contributed by atoms with van der Waals surface area (Å²) < 4.78 is 0. The van der Waals surface area contributed by atoms with Crippen LogP contribution in [-0.2, 0) is 12.8 Å². The highest BCUT2D eigenvalue weighted by atomic mass is 15.0. The van der Waals surface area contributed by atoms with Crippen LogP contribution < -0.4 is 5.32 Å². The summed E-state index contributed by atoms with van der Waals surface area (Å²) >= 11 is 0. The lowest BCUT2D eigenvalue weighted by Gasteiger charge is -2.22. The van der Waals surface area contributed by atoms with Crippen molar-refractivity contribution < 1.29 is 0 Å². The molecule has 1 heterocycles. The van der Waals surface area contributed by atoms with Crippen LogP contribution in [-0.4, -0.2) is 16.5 Å². The largest absolute Gasteiger partial charge is 0.370 e. The molecule has 1 aromatic heterocycles. The number of aromatic nitrogens is 2. The Morgan fingerprint density at radius 1 is 1.05 bits per heavy atom. The van der Waals surface area contributed by atoms with E-state index in [4.69, 9.17) is 9.97 Å². The second-order valence-corrected chi connectivity index (χ2v) is 5.50. The number of fused-ring (bicyclic) bond motifs is 1. The summed E-state index contributed by atoms with van der Waals surface area (Å²) in [7, 11) is 0. The molecule has 19 heavy (non-hydrogen) atoms. The fourth-order valence-electron chi connectivity index (χ4n) is 2.84. The molecule has 0 spiro atoms. The third-order valence-corrected chi connectivity index (χ3v) is 4.09. The van der Waals surface area contributed by atoms with Gasteiger partial charge in [-0.25, -0.2) is 9.97 Å². The number of nitrogens with one attached hydrogen (secondary N) is 1. The van der Waals surface area contributed by atoms with E-state index in [1.807, 2.05) is 0 Å². The number of anilines is 1. The molecule has 0 radical (unpaired) electrons. The first-order chi connectivity index (χ1) is 9.30. The zero-order valence-electron chi connectivity index (χ0n) is 12.6. The van der Waals surface area contributed by atoms with Gasteiger partial charge in [0.05, 0.1) is 0 Å². The van der Waals surface area contributed by atoms with E-state index in [0.29, 0.717) is 5.92 Å². The van der Waals surface area contributed by atoms with Crippen molar-refractivity contribution in [2.24, 2.45) is 0 Å². The summed E-state index contributed by atoms with van der Waals surface area (Å²) in [6, 6.07) is 0. The van der Waals surface area contributed by atoms with Crippen LogP contribution in [0.2, 0.25) is 0 Å². The molecule has 0 atom stereocenters. The predicted octanol–water partition coefficient (Wildman–Crippen LogP) is 4.08. The summed E-state index contributed by atoms with van der Waals surface area (Å²) in [6.45, 7) is 7.67. The van der Waals surface area contributed by atoms with E-state index in [9.17, 15) is 0 Å². The molecule has 1 aromatic rings. The lowest BCUT2D eigenvalue weighted by Crippen LogP contribution is -2.16. The van der Waals surface area contributed by atoms with Crippen LogP contribution in [0.4, 0.5) is 5.82 Å². The third kappa shape index (κ3) is 3.26. The first-order valence-electron chi connectivity index (χ1n) is 7.93. The molecular formula is C16H27N3. The highest BCUT2D eigenvalue weighted by Gasteiger charge is 2.20. The van der Waals surface area contributed by atoms with Gasteiger partial charge in [0.15, 0.2) is 0 Å². The fraction of sp³-hybridized carbons (Fsp3) is 0.750. The second kappa shape index (κ2) is 6.88. The van der Waals surface area contributed by atoms with Crippen LogP contribution in [0.1, 0.15) is 75.9 Å². The van der Waals surface area contributed by atoms with Gasteiger partial charge in [-0.15, -0.1) is 0 Å². The van der Waals surface area contributed by atoms with Crippen LogP contribution in [0.3, 0.4) is 0 Å². The quantitative estimate of drug-likeness (QED) is 0.838. The number of hydrogen-bond acceptors (Lipinski definition) is 3. The summed E-state index contributed by atoms with van der Waals surface area (Å²) in [6.07, 6.45) is 8.22. The number of hydrogen-bond donors (Lipinski definition) is 1. The molecule has 0 fully saturated rings. The highest BCUT2D eigenvalue weighted by molar-refractivity contribution is 5.48. The van der Waals surface area contributed by atoms with E-state index < -0.39 is 0 Å². The maximum atomic E-state index is 4.87. The highest BCUT2D eigenvalue weighted by Crippen LogP contribution is 2.29. The Morgan fingerprint density at radius 3 is 2.47 bits per heavy atom. The fourth-order valence-corrected chi connectivity index (χ4v) is 2.84. The van der Waals surface area contributed by atoms with Crippen LogP contribution in [0, 0.1) is 0 Å². The monoisotopic (exact) mass is 261 g/mol. The smallest absolute Gasteiger partial charge is 0.134 e. The maximum absolute atomic E-state index is 4.87. The van der Waals surface area contributed by atoms with Crippen molar-refractivity contribution >= 4 is 5.82 Å². The van der Waals surface area contributed by atoms with Crippen molar-refractivity contribution in [1.82, 2.24) is 9.97 Å². The summed E-state index contributed by atoms with van der Waals surface area (Å²) in [5.41, 5.74) is 2.69. The second-order valence-electron chi connectivity index (χ2n) is 5.50. The number of rotatable bonds is 6. The number of nitrogens with zero attached hydrogens (tertiary/aromatic N) is 2. The molecule has 0 saturated heterocycles. The lowest BCUT2D eigenvalue weighted by atomic mass is 9.95. The molecule has 1 aliphatic rings. The molecule has 3 nitrogen and oxygen atoms in total. The Labute approximate surface area is 117 Å². The molecule has 3 heteroatoms. The van der Waals surface area contributed by atoms with Crippen LogP contribution in [0.25, 0.3) is 0 Å². The van der Waals surface area contributed by atoms with Gasteiger partial charge in [-0.3, -0.25) is 0 Å². The lowest BCUT2D eigenvalue weighted by molar-refractivity contribution is 0.583. The zero-order valence-corrected chi connectivity index (χ0v) is 12.6. The molecule has 1 aliphatic carbocycles. The van der Waals surface area contributed by atoms with Crippen molar-refractivity contribution in [2.45, 2.75) is 71.6 Å². The Hall–Kier alpha value is -1.12. The van der Waals surface area contributed by atoms with E-state index >= 15 is 0 Å². The normalized spacial score (nSPS) is 14.5. The average molecular weight is 261 g/mol. The first-order valence-corrected chi connectivity index (χ1v) is 7.93. The van der Waals surface area contributed by atoms with Crippen LogP contribution in [0.5, 0.6) is 0 Å². The van der Waals surface area contributed by atoms with E-state index in [1.54, 1.807) is 0 Å². The van der Waals surface area contributed by atoms with Gasteiger partial charge in [-0.2, -0.15) is 0 Å². The van der Waals surface area contributed by atoms with Gasteiger partial charge in [-0.1, -0.05) is 20.8 Å². The SMILES string of the molecule is CCCNc1nc(C(CC)CC)nc2c1CCCC2. The van der Waals surface area contributed by atoms with E-state index in [1.165, 1.54) is 24.1 Å². The Morgan fingerprint density at radius 2 is 1.79 bits per heavy atom. The molecule has 0 saturated carbocycles. The molecule has 0 aromatic carbocycles. The van der Waals surface area contributed by atoms with Crippen LogP contribution in [0.15, 0.2) is 0 Å².